The third-order valence-corrected chi connectivity index (χ3v) is 9.85. The number of furan rings is 1. The van der Waals surface area contributed by atoms with Crippen molar-refractivity contribution >= 4 is 65.0 Å². The van der Waals surface area contributed by atoms with Crippen LogP contribution in [0.25, 0.3) is 98.4 Å². The van der Waals surface area contributed by atoms with Crippen LogP contribution < -0.4 is 0 Å². The first kappa shape index (κ1) is 26.1. The maximum absolute atomic E-state index is 6.35. The van der Waals surface area contributed by atoms with Crippen molar-refractivity contribution in [1.82, 2.24) is 0 Å². The smallest absolute Gasteiger partial charge is 0.136 e. The molecule has 0 bridgehead atoms. The number of rotatable bonds is 3. The third kappa shape index (κ3) is 3.97. The van der Waals surface area contributed by atoms with Crippen molar-refractivity contribution in [3.63, 3.8) is 0 Å². The van der Waals surface area contributed by atoms with Crippen molar-refractivity contribution in [2.24, 2.45) is 0 Å². The lowest BCUT2D eigenvalue weighted by Crippen LogP contribution is -1.92. The maximum atomic E-state index is 6.35. The molecule has 0 unspecified atom stereocenters. The van der Waals surface area contributed by atoms with Crippen LogP contribution in [0.3, 0.4) is 0 Å². The zero-order chi connectivity index (χ0) is 30.9. The molecule has 218 valence electrons. The maximum Gasteiger partial charge on any atom is 0.136 e. The summed E-state index contributed by atoms with van der Waals surface area (Å²) in [5.74, 6) is 0. The largest absolute Gasteiger partial charge is 0.456 e. The van der Waals surface area contributed by atoms with Gasteiger partial charge in [0.25, 0.3) is 0 Å². The van der Waals surface area contributed by atoms with Gasteiger partial charge in [-0.25, -0.2) is 0 Å². The molecule has 0 aliphatic rings. The van der Waals surface area contributed by atoms with Crippen LogP contribution in [0.4, 0.5) is 0 Å². The van der Waals surface area contributed by atoms with Crippen LogP contribution in [-0.4, -0.2) is 0 Å². The molecule has 0 aliphatic heterocycles. The summed E-state index contributed by atoms with van der Waals surface area (Å²) < 4.78 is 6.35. The van der Waals surface area contributed by atoms with Gasteiger partial charge in [-0.2, -0.15) is 0 Å². The minimum atomic E-state index is 0.913. The van der Waals surface area contributed by atoms with Crippen molar-refractivity contribution in [1.29, 1.82) is 0 Å². The minimum absolute atomic E-state index is 0.913. The molecule has 1 nitrogen and oxygen atoms in total. The summed E-state index contributed by atoms with van der Waals surface area (Å²) in [5.41, 5.74) is 9.23. The Balaban J connectivity index is 1.25. The van der Waals surface area contributed by atoms with E-state index in [0.29, 0.717) is 0 Å². The first-order valence-corrected chi connectivity index (χ1v) is 16.2. The van der Waals surface area contributed by atoms with Crippen LogP contribution in [0.1, 0.15) is 0 Å². The Morgan fingerprint density at radius 3 is 1.51 bits per heavy atom. The van der Waals surface area contributed by atoms with Gasteiger partial charge in [-0.15, -0.1) is 0 Å². The Labute approximate surface area is 271 Å². The first-order valence-electron chi connectivity index (χ1n) is 16.2. The summed E-state index contributed by atoms with van der Waals surface area (Å²) in [7, 11) is 0. The predicted molar refractivity (Wildman–Crippen MR) is 200 cm³/mol. The number of benzene rings is 9. The van der Waals surface area contributed by atoms with Crippen molar-refractivity contribution in [3.05, 3.63) is 170 Å². The lowest BCUT2D eigenvalue weighted by Gasteiger charge is -2.19. The molecule has 0 saturated carbocycles. The predicted octanol–water partition coefficient (Wildman–Crippen LogP) is 13.2. The molecule has 9 aromatic carbocycles. The van der Waals surface area contributed by atoms with E-state index in [-0.39, 0.29) is 0 Å². The molecule has 1 aromatic heterocycles. The van der Waals surface area contributed by atoms with Gasteiger partial charge < -0.3 is 4.42 Å². The molecule has 0 aliphatic carbocycles. The number of hydrogen-bond acceptors (Lipinski definition) is 1. The van der Waals surface area contributed by atoms with E-state index in [0.717, 1.165) is 27.5 Å². The SMILES string of the molecule is c1ccc2cc(-c3ccc(-c4c5ccccc5c(-c5ccc6c(c5)oc5ccccc56)c5ccccc45)c4ccccc34)ccc2c1. The number of para-hydroxylation sites is 1. The molecule has 0 amide bonds. The minimum Gasteiger partial charge on any atom is -0.456 e. The molecule has 10 aromatic rings. The molecule has 47 heavy (non-hydrogen) atoms. The van der Waals surface area contributed by atoms with Crippen LogP contribution in [0.15, 0.2) is 174 Å². The summed E-state index contributed by atoms with van der Waals surface area (Å²) >= 11 is 0. The third-order valence-electron chi connectivity index (χ3n) is 9.85. The van der Waals surface area contributed by atoms with Gasteiger partial charge in [0.15, 0.2) is 0 Å². The van der Waals surface area contributed by atoms with Crippen molar-refractivity contribution in [3.8, 4) is 33.4 Å². The molecule has 0 spiro atoms. The van der Waals surface area contributed by atoms with E-state index in [1.807, 2.05) is 12.1 Å². The summed E-state index contributed by atoms with van der Waals surface area (Å²) in [6.07, 6.45) is 0. The average Bonchev–Trinajstić information content (AvgIpc) is 3.51. The molecule has 10 rings (SSSR count). The summed E-state index contributed by atoms with van der Waals surface area (Å²) in [6.45, 7) is 0. The zero-order valence-corrected chi connectivity index (χ0v) is 25.6. The Bertz CT molecular complexity index is 2800. The molecule has 0 N–H and O–H groups in total. The van der Waals surface area contributed by atoms with Crippen LogP contribution in [0, 0.1) is 0 Å². The molecule has 1 heterocycles. The van der Waals surface area contributed by atoms with Crippen LogP contribution in [0.2, 0.25) is 0 Å². The van der Waals surface area contributed by atoms with Gasteiger partial charge >= 0.3 is 0 Å². The van der Waals surface area contributed by atoms with E-state index >= 15 is 0 Å². The second kappa shape index (κ2) is 10.2. The molecule has 0 saturated heterocycles. The van der Waals surface area contributed by atoms with Gasteiger partial charge in [0, 0.05) is 10.8 Å². The standard InChI is InChI=1S/C46H28O/c1-2-12-30-27-31(22-21-29(30)11-1)33-25-26-42(35-14-4-3-13-34(33)35)46-40-18-7-5-16-38(40)45(39-17-6-8-19-41(39)46)32-23-24-37-36-15-9-10-20-43(36)47-44(37)28-32/h1-28H. The van der Waals surface area contributed by atoms with E-state index < -0.39 is 0 Å². The Hall–Kier alpha value is -6.18. The fourth-order valence-corrected chi connectivity index (χ4v) is 7.74. The average molecular weight is 597 g/mol. The van der Waals surface area contributed by atoms with E-state index in [2.05, 4.69) is 158 Å². The first-order chi connectivity index (χ1) is 23.3. The van der Waals surface area contributed by atoms with Gasteiger partial charge in [0.2, 0.25) is 0 Å². The summed E-state index contributed by atoms with van der Waals surface area (Å²) in [5, 5.41) is 12.3. The van der Waals surface area contributed by atoms with E-state index in [9.17, 15) is 0 Å². The van der Waals surface area contributed by atoms with Gasteiger partial charge in [0.05, 0.1) is 0 Å². The van der Waals surface area contributed by atoms with Gasteiger partial charge in [-0.1, -0.05) is 146 Å². The zero-order valence-electron chi connectivity index (χ0n) is 25.6. The highest BCUT2D eigenvalue weighted by Crippen LogP contribution is 2.47. The van der Waals surface area contributed by atoms with E-state index in [1.54, 1.807) is 0 Å². The lowest BCUT2D eigenvalue weighted by molar-refractivity contribution is 0.669. The fourth-order valence-electron chi connectivity index (χ4n) is 7.74. The Morgan fingerprint density at radius 1 is 0.277 bits per heavy atom. The molecule has 0 fully saturated rings. The summed E-state index contributed by atoms with van der Waals surface area (Å²) in [4.78, 5) is 0. The second-order valence-corrected chi connectivity index (χ2v) is 12.4. The van der Waals surface area contributed by atoms with Crippen LogP contribution >= 0.6 is 0 Å². The van der Waals surface area contributed by atoms with Gasteiger partial charge in [0.1, 0.15) is 11.2 Å². The second-order valence-electron chi connectivity index (χ2n) is 12.4. The normalized spacial score (nSPS) is 11.8. The van der Waals surface area contributed by atoms with E-state index in [4.69, 9.17) is 4.42 Å². The van der Waals surface area contributed by atoms with Crippen molar-refractivity contribution in [2.45, 2.75) is 0 Å². The molecular formula is C46H28O. The van der Waals surface area contributed by atoms with Gasteiger partial charge in [-0.05, 0) is 101 Å². The monoisotopic (exact) mass is 596 g/mol. The van der Waals surface area contributed by atoms with E-state index in [1.165, 1.54) is 70.9 Å². The molecule has 0 radical (unpaired) electrons. The highest BCUT2D eigenvalue weighted by Gasteiger charge is 2.19. The number of hydrogen-bond donors (Lipinski definition) is 0. The molecule has 0 atom stereocenters. The Kier molecular flexibility index (Phi) is 5.64. The summed E-state index contributed by atoms with van der Waals surface area (Å²) in [6, 6.07) is 61.6. The highest BCUT2D eigenvalue weighted by atomic mass is 16.3. The van der Waals surface area contributed by atoms with Gasteiger partial charge in [-0.3, -0.25) is 0 Å². The highest BCUT2D eigenvalue weighted by molar-refractivity contribution is 6.24. The fraction of sp³-hybridized carbons (Fsp3) is 0. The van der Waals surface area contributed by atoms with Crippen molar-refractivity contribution in [2.75, 3.05) is 0 Å². The molecular weight excluding hydrogens is 569 g/mol. The quantitative estimate of drug-likeness (QED) is 0.185. The topological polar surface area (TPSA) is 13.1 Å². The van der Waals surface area contributed by atoms with Crippen LogP contribution in [-0.2, 0) is 0 Å². The van der Waals surface area contributed by atoms with Crippen molar-refractivity contribution < 1.29 is 4.42 Å². The number of fused-ring (bicyclic) bond motifs is 7. The van der Waals surface area contributed by atoms with Crippen LogP contribution in [0.5, 0.6) is 0 Å². The molecule has 1 heteroatoms. The lowest BCUT2D eigenvalue weighted by atomic mass is 9.83. The Morgan fingerprint density at radius 2 is 0.787 bits per heavy atom.